The van der Waals surface area contributed by atoms with Crippen LogP contribution < -0.4 is 5.32 Å². The van der Waals surface area contributed by atoms with Gasteiger partial charge in [0, 0.05) is 11.6 Å². The molecule has 0 bridgehead atoms. The third kappa shape index (κ3) is 4.64. The monoisotopic (exact) mass is 416 g/mol. The molecule has 8 heteroatoms. The van der Waals surface area contributed by atoms with Gasteiger partial charge in [-0.05, 0) is 68.8 Å². The predicted octanol–water partition coefficient (Wildman–Crippen LogP) is 4.74. The summed E-state index contributed by atoms with van der Waals surface area (Å²) in [6.07, 6.45) is -3.12. The Labute approximate surface area is 172 Å². The Kier molecular flexibility index (Phi) is 5.51. The second kappa shape index (κ2) is 8.10. The quantitative estimate of drug-likeness (QED) is 0.646. The molecule has 1 aromatic heterocycles. The first-order valence-corrected chi connectivity index (χ1v) is 9.94. The van der Waals surface area contributed by atoms with Gasteiger partial charge in [0.1, 0.15) is 5.82 Å². The second-order valence-electron chi connectivity index (χ2n) is 7.82. The van der Waals surface area contributed by atoms with E-state index in [-0.39, 0.29) is 17.5 Å². The number of anilines is 1. The van der Waals surface area contributed by atoms with Crippen molar-refractivity contribution >= 4 is 22.6 Å². The minimum atomic E-state index is -4.43. The molecule has 2 aromatic carbocycles. The number of nitrogens with zero attached hydrogens (tertiary/aromatic N) is 2. The number of H-pyrrole nitrogens is 1. The lowest BCUT2D eigenvalue weighted by Crippen LogP contribution is -2.38. The number of hydrogen-bond donors (Lipinski definition) is 2. The normalized spacial score (nSPS) is 16.1. The van der Waals surface area contributed by atoms with Crippen LogP contribution in [0.25, 0.3) is 11.0 Å². The number of piperidine rings is 1. The summed E-state index contributed by atoms with van der Waals surface area (Å²) in [6.45, 7) is 4.18. The Hall–Kier alpha value is -2.87. The molecule has 5 nitrogen and oxygen atoms in total. The molecule has 3 aromatic rings. The molecule has 4 rings (SSSR count). The lowest BCUT2D eigenvalue weighted by atomic mass is 9.95. The van der Waals surface area contributed by atoms with E-state index < -0.39 is 11.7 Å². The molecule has 0 spiro atoms. The molecule has 0 saturated carbocycles. The molecule has 1 aliphatic heterocycles. The number of halogens is 3. The van der Waals surface area contributed by atoms with Gasteiger partial charge in [-0.25, -0.2) is 4.98 Å². The minimum Gasteiger partial charge on any atom is -0.341 e. The maximum atomic E-state index is 12.8. The zero-order valence-electron chi connectivity index (χ0n) is 16.6. The predicted molar refractivity (Wildman–Crippen MR) is 109 cm³/mol. The van der Waals surface area contributed by atoms with Crippen molar-refractivity contribution in [1.82, 2.24) is 14.9 Å². The van der Waals surface area contributed by atoms with Crippen molar-refractivity contribution in [3.63, 3.8) is 0 Å². The maximum Gasteiger partial charge on any atom is 0.416 e. The number of nitrogens with one attached hydrogen (secondary N) is 2. The van der Waals surface area contributed by atoms with Crippen LogP contribution in [0.2, 0.25) is 0 Å². The zero-order valence-corrected chi connectivity index (χ0v) is 16.6. The number of imidazole rings is 1. The third-order valence-corrected chi connectivity index (χ3v) is 5.48. The van der Waals surface area contributed by atoms with Crippen LogP contribution >= 0.6 is 0 Å². The summed E-state index contributed by atoms with van der Waals surface area (Å²) in [5.74, 6) is 0.449. The van der Waals surface area contributed by atoms with E-state index in [1.807, 2.05) is 19.1 Å². The molecule has 1 aliphatic rings. The van der Waals surface area contributed by atoms with Crippen molar-refractivity contribution in [2.75, 3.05) is 18.4 Å². The fourth-order valence-electron chi connectivity index (χ4n) is 3.83. The van der Waals surface area contributed by atoms with Gasteiger partial charge in [0.15, 0.2) is 0 Å². The third-order valence-electron chi connectivity index (χ3n) is 5.48. The molecule has 1 saturated heterocycles. The number of amides is 1. The molecule has 0 radical (unpaired) electrons. The largest absolute Gasteiger partial charge is 0.416 e. The molecule has 0 atom stereocenters. The van der Waals surface area contributed by atoms with Gasteiger partial charge < -0.3 is 10.3 Å². The zero-order chi connectivity index (χ0) is 21.3. The molecular weight excluding hydrogens is 393 g/mol. The van der Waals surface area contributed by atoms with Crippen molar-refractivity contribution < 1.29 is 18.0 Å². The van der Waals surface area contributed by atoms with E-state index in [2.05, 4.69) is 26.3 Å². The SMILES string of the molecule is Cc1ccc2nc(CN3CCC(C(=O)Nc4cccc(C(F)(F)F)c4)CC3)[nH]c2c1. The van der Waals surface area contributed by atoms with E-state index in [1.54, 1.807) is 0 Å². The van der Waals surface area contributed by atoms with Crippen LogP contribution in [0.1, 0.15) is 29.8 Å². The van der Waals surface area contributed by atoms with Crippen molar-refractivity contribution in [3.05, 3.63) is 59.4 Å². The van der Waals surface area contributed by atoms with Crippen LogP contribution in [0, 0.1) is 12.8 Å². The van der Waals surface area contributed by atoms with E-state index >= 15 is 0 Å². The number of carbonyl (C=O) groups excluding carboxylic acids is 1. The Bertz CT molecular complexity index is 1050. The highest BCUT2D eigenvalue weighted by molar-refractivity contribution is 5.92. The number of benzene rings is 2. The first-order chi connectivity index (χ1) is 14.3. The second-order valence-corrected chi connectivity index (χ2v) is 7.82. The van der Waals surface area contributed by atoms with Gasteiger partial charge in [-0.1, -0.05) is 12.1 Å². The van der Waals surface area contributed by atoms with E-state index in [1.165, 1.54) is 17.7 Å². The average Bonchev–Trinajstić information content (AvgIpc) is 3.09. The molecule has 2 N–H and O–H groups in total. The molecular formula is C22H23F3N4O. The lowest BCUT2D eigenvalue weighted by molar-refractivity contribution is -0.137. The average molecular weight is 416 g/mol. The van der Waals surface area contributed by atoms with Crippen molar-refractivity contribution in [3.8, 4) is 0 Å². The van der Waals surface area contributed by atoms with Crippen LogP contribution in [0.5, 0.6) is 0 Å². The summed E-state index contributed by atoms with van der Waals surface area (Å²) < 4.78 is 38.5. The Morgan fingerprint density at radius 1 is 1.20 bits per heavy atom. The number of rotatable bonds is 4. The van der Waals surface area contributed by atoms with Crippen molar-refractivity contribution in [2.45, 2.75) is 32.5 Å². The summed E-state index contributed by atoms with van der Waals surface area (Å²) in [5, 5.41) is 2.64. The van der Waals surface area contributed by atoms with Gasteiger partial charge in [0.2, 0.25) is 5.91 Å². The summed E-state index contributed by atoms with van der Waals surface area (Å²) in [5.41, 5.74) is 2.53. The standard InChI is InChI=1S/C22H23F3N4O/c1-14-5-6-18-19(11-14)28-20(27-18)13-29-9-7-15(8-10-29)21(30)26-17-4-2-3-16(12-17)22(23,24)25/h2-6,11-12,15H,7-10,13H2,1H3,(H,26,30)(H,27,28). The number of carbonyl (C=O) groups is 1. The van der Waals surface area contributed by atoms with Gasteiger partial charge in [-0.3, -0.25) is 9.69 Å². The smallest absolute Gasteiger partial charge is 0.341 e. The number of aromatic nitrogens is 2. The number of aromatic amines is 1. The Balaban J connectivity index is 1.32. The molecule has 30 heavy (non-hydrogen) atoms. The Morgan fingerprint density at radius 3 is 2.70 bits per heavy atom. The summed E-state index contributed by atoms with van der Waals surface area (Å²) in [7, 11) is 0. The van der Waals surface area contributed by atoms with E-state index in [0.717, 1.165) is 42.1 Å². The maximum absolute atomic E-state index is 12.8. The highest BCUT2D eigenvalue weighted by Gasteiger charge is 2.31. The molecule has 2 heterocycles. The van der Waals surface area contributed by atoms with Crippen molar-refractivity contribution in [1.29, 1.82) is 0 Å². The number of aryl methyl sites for hydroxylation is 1. The molecule has 1 fully saturated rings. The van der Waals surface area contributed by atoms with Gasteiger partial charge in [-0.15, -0.1) is 0 Å². The fraction of sp³-hybridized carbons (Fsp3) is 0.364. The van der Waals surface area contributed by atoms with Gasteiger partial charge in [0.25, 0.3) is 0 Å². The van der Waals surface area contributed by atoms with Crippen molar-refractivity contribution in [2.24, 2.45) is 5.92 Å². The Morgan fingerprint density at radius 2 is 1.97 bits per heavy atom. The van der Waals surface area contributed by atoms with E-state index in [0.29, 0.717) is 19.4 Å². The summed E-state index contributed by atoms with van der Waals surface area (Å²) in [6, 6.07) is 10.8. The molecule has 0 unspecified atom stereocenters. The lowest BCUT2D eigenvalue weighted by Gasteiger charge is -2.30. The molecule has 0 aliphatic carbocycles. The summed E-state index contributed by atoms with van der Waals surface area (Å²) in [4.78, 5) is 22.7. The van der Waals surface area contributed by atoms with Gasteiger partial charge in [0.05, 0.1) is 23.1 Å². The first kappa shape index (κ1) is 20.4. The van der Waals surface area contributed by atoms with E-state index in [9.17, 15) is 18.0 Å². The van der Waals surface area contributed by atoms with Crippen LogP contribution in [0.4, 0.5) is 18.9 Å². The number of alkyl halides is 3. The van der Waals surface area contributed by atoms with E-state index in [4.69, 9.17) is 0 Å². The molecule has 1 amide bonds. The van der Waals surface area contributed by atoms with Gasteiger partial charge in [-0.2, -0.15) is 13.2 Å². The minimum absolute atomic E-state index is 0.176. The number of hydrogen-bond acceptors (Lipinski definition) is 3. The first-order valence-electron chi connectivity index (χ1n) is 9.94. The topological polar surface area (TPSA) is 61.0 Å². The van der Waals surface area contributed by atoms with Crippen LogP contribution in [-0.4, -0.2) is 33.9 Å². The van der Waals surface area contributed by atoms with Gasteiger partial charge >= 0.3 is 6.18 Å². The highest BCUT2D eigenvalue weighted by atomic mass is 19.4. The highest BCUT2D eigenvalue weighted by Crippen LogP contribution is 2.31. The number of fused-ring (bicyclic) bond motifs is 1. The van der Waals surface area contributed by atoms with Crippen LogP contribution in [0.15, 0.2) is 42.5 Å². The summed E-state index contributed by atoms with van der Waals surface area (Å²) >= 11 is 0. The van der Waals surface area contributed by atoms with Crippen LogP contribution in [0.3, 0.4) is 0 Å². The fourth-order valence-corrected chi connectivity index (χ4v) is 3.83. The number of likely N-dealkylation sites (tertiary alicyclic amines) is 1. The van der Waals surface area contributed by atoms with Crippen LogP contribution in [-0.2, 0) is 17.5 Å². The molecule has 158 valence electrons.